The minimum atomic E-state index is -0.301. The maximum Gasteiger partial charge on any atom is 0.308 e. The summed E-state index contributed by atoms with van der Waals surface area (Å²) in [5, 5.41) is 2.01. The van der Waals surface area contributed by atoms with E-state index in [0.717, 1.165) is 16.3 Å². The minimum absolute atomic E-state index is 0.301. The second-order valence-corrected chi connectivity index (χ2v) is 4.65. The number of carbonyl (C=O) groups is 1. The molecule has 20 heavy (non-hydrogen) atoms. The van der Waals surface area contributed by atoms with Crippen LogP contribution in [-0.4, -0.2) is 5.97 Å². The van der Waals surface area contributed by atoms with Gasteiger partial charge in [0.1, 0.15) is 5.75 Å². The van der Waals surface area contributed by atoms with Crippen LogP contribution in [0.5, 0.6) is 5.75 Å². The molecule has 0 radical (unpaired) electrons. The SMILES string of the molecule is CC(=O)Oc1cccc2cc(-c3ccccc3)ccc12. The third-order valence-corrected chi connectivity index (χ3v) is 3.20. The molecule has 0 saturated heterocycles. The quantitative estimate of drug-likeness (QED) is 0.504. The molecular weight excluding hydrogens is 248 g/mol. The summed E-state index contributed by atoms with van der Waals surface area (Å²) < 4.78 is 5.23. The van der Waals surface area contributed by atoms with Crippen LogP contribution in [0.25, 0.3) is 21.9 Å². The van der Waals surface area contributed by atoms with E-state index in [9.17, 15) is 4.79 Å². The fraction of sp³-hybridized carbons (Fsp3) is 0.0556. The Bertz CT molecular complexity index is 761. The minimum Gasteiger partial charge on any atom is -0.426 e. The number of hydrogen-bond acceptors (Lipinski definition) is 2. The number of carbonyl (C=O) groups excluding carboxylic acids is 1. The highest BCUT2D eigenvalue weighted by Gasteiger charge is 2.05. The molecule has 3 aromatic carbocycles. The fourth-order valence-electron chi connectivity index (χ4n) is 2.31. The van der Waals surface area contributed by atoms with Crippen molar-refractivity contribution in [3.8, 4) is 16.9 Å². The first kappa shape index (κ1) is 12.4. The zero-order valence-corrected chi connectivity index (χ0v) is 11.2. The summed E-state index contributed by atoms with van der Waals surface area (Å²) in [4.78, 5) is 11.1. The zero-order valence-electron chi connectivity index (χ0n) is 11.2. The Morgan fingerprint density at radius 3 is 2.40 bits per heavy atom. The van der Waals surface area contributed by atoms with E-state index in [1.165, 1.54) is 12.5 Å². The second-order valence-electron chi connectivity index (χ2n) is 4.65. The van der Waals surface area contributed by atoms with Crippen LogP contribution in [0.2, 0.25) is 0 Å². The summed E-state index contributed by atoms with van der Waals surface area (Å²) in [5.41, 5.74) is 2.32. The van der Waals surface area contributed by atoms with Gasteiger partial charge in [-0.25, -0.2) is 0 Å². The molecule has 0 amide bonds. The van der Waals surface area contributed by atoms with Crippen LogP contribution in [0.4, 0.5) is 0 Å². The van der Waals surface area contributed by atoms with E-state index in [2.05, 4.69) is 18.2 Å². The van der Waals surface area contributed by atoms with Crippen molar-refractivity contribution < 1.29 is 9.53 Å². The molecular formula is C18H14O2. The van der Waals surface area contributed by atoms with Gasteiger partial charge in [0.2, 0.25) is 0 Å². The van der Waals surface area contributed by atoms with Crippen molar-refractivity contribution in [3.63, 3.8) is 0 Å². The van der Waals surface area contributed by atoms with Gasteiger partial charge in [-0.15, -0.1) is 0 Å². The van der Waals surface area contributed by atoms with Gasteiger partial charge in [0.25, 0.3) is 0 Å². The zero-order chi connectivity index (χ0) is 13.9. The van der Waals surface area contributed by atoms with Gasteiger partial charge in [-0.05, 0) is 28.6 Å². The number of rotatable bonds is 2. The molecule has 0 aliphatic heterocycles. The van der Waals surface area contributed by atoms with Crippen molar-refractivity contribution in [1.29, 1.82) is 0 Å². The van der Waals surface area contributed by atoms with Crippen molar-refractivity contribution in [2.75, 3.05) is 0 Å². The molecule has 0 aliphatic carbocycles. The Morgan fingerprint density at radius 2 is 1.65 bits per heavy atom. The monoisotopic (exact) mass is 262 g/mol. The van der Waals surface area contributed by atoms with E-state index in [0.29, 0.717) is 5.75 Å². The number of fused-ring (bicyclic) bond motifs is 1. The molecule has 0 N–H and O–H groups in total. The van der Waals surface area contributed by atoms with E-state index in [1.54, 1.807) is 0 Å². The van der Waals surface area contributed by atoms with Crippen LogP contribution < -0.4 is 4.74 Å². The van der Waals surface area contributed by atoms with Gasteiger partial charge in [0.15, 0.2) is 0 Å². The van der Waals surface area contributed by atoms with Crippen molar-refractivity contribution in [3.05, 3.63) is 66.7 Å². The predicted octanol–water partition coefficient (Wildman–Crippen LogP) is 4.43. The third-order valence-electron chi connectivity index (χ3n) is 3.20. The molecule has 3 rings (SSSR count). The van der Waals surface area contributed by atoms with Crippen molar-refractivity contribution in [1.82, 2.24) is 0 Å². The summed E-state index contributed by atoms with van der Waals surface area (Å²) in [6, 6.07) is 22.1. The average molecular weight is 262 g/mol. The van der Waals surface area contributed by atoms with Gasteiger partial charge in [0.05, 0.1) is 0 Å². The van der Waals surface area contributed by atoms with Crippen LogP contribution in [0.1, 0.15) is 6.92 Å². The molecule has 3 aromatic rings. The Hall–Kier alpha value is -2.61. The molecule has 98 valence electrons. The van der Waals surface area contributed by atoms with E-state index < -0.39 is 0 Å². The third kappa shape index (κ3) is 2.41. The Kier molecular flexibility index (Phi) is 3.21. The molecule has 0 atom stereocenters. The number of ether oxygens (including phenoxy) is 1. The summed E-state index contributed by atoms with van der Waals surface area (Å²) >= 11 is 0. The average Bonchev–Trinajstić information content (AvgIpc) is 2.47. The summed E-state index contributed by atoms with van der Waals surface area (Å²) in [6.07, 6.45) is 0. The van der Waals surface area contributed by atoms with Gasteiger partial charge >= 0.3 is 5.97 Å². The molecule has 0 saturated carbocycles. The first-order valence-electron chi connectivity index (χ1n) is 6.51. The van der Waals surface area contributed by atoms with E-state index in [4.69, 9.17) is 4.74 Å². The van der Waals surface area contributed by atoms with Crippen LogP contribution in [0.15, 0.2) is 66.7 Å². The first-order chi connectivity index (χ1) is 9.74. The molecule has 0 aliphatic rings. The lowest BCUT2D eigenvalue weighted by atomic mass is 10.0. The van der Waals surface area contributed by atoms with Gasteiger partial charge in [0, 0.05) is 12.3 Å². The maximum atomic E-state index is 11.1. The summed E-state index contributed by atoms with van der Waals surface area (Å²) in [7, 11) is 0. The lowest BCUT2D eigenvalue weighted by molar-refractivity contribution is -0.131. The summed E-state index contributed by atoms with van der Waals surface area (Å²) in [6.45, 7) is 1.41. The van der Waals surface area contributed by atoms with Gasteiger partial charge in [-0.1, -0.05) is 54.6 Å². The number of esters is 1. The maximum absolute atomic E-state index is 11.1. The molecule has 0 unspecified atom stereocenters. The smallest absolute Gasteiger partial charge is 0.308 e. The predicted molar refractivity (Wildman–Crippen MR) is 80.7 cm³/mol. The highest BCUT2D eigenvalue weighted by atomic mass is 16.5. The molecule has 0 fully saturated rings. The largest absolute Gasteiger partial charge is 0.426 e. The Morgan fingerprint density at radius 1 is 0.850 bits per heavy atom. The van der Waals surface area contributed by atoms with E-state index in [1.807, 2.05) is 48.5 Å². The lowest BCUT2D eigenvalue weighted by Crippen LogP contribution is -2.01. The molecule has 2 nitrogen and oxygen atoms in total. The second kappa shape index (κ2) is 5.17. The standard InChI is InChI=1S/C18H14O2/c1-13(19)20-18-9-5-8-16-12-15(10-11-17(16)18)14-6-3-2-4-7-14/h2-12H,1H3. The normalized spacial score (nSPS) is 10.4. The number of benzene rings is 3. The van der Waals surface area contributed by atoms with Crippen molar-refractivity contribution in [2.45, 2.75) is 6.92 Å². The highest BCUT2D eigenvalue weighted by molar-refractivity contribution is 5.93. The van der Waals surface area contributed by atoms with Crippen molar-refractivity contribution in [2.24, 2.45) is 0 Å². The molecule has 0 heterocycles. The summed E-state index contributed by atoms with van der Waals surface area (Å²) in [5.74, 6) is 0.305. The van der Waals surface area contributed by atoms with Crippen LogP contribution >= 0.6 is 0 Å². The molecule has 0 aromatic heterocycles. The number of hydrogen-bond donors (Lipinski definition) is 0. The Balaban J connectivity index is 2.11. The highest BCUT2D eigenvalue weighted by Crippen LogP contribution is 2.30. The van der Waals surface area contributed by atoms with E-state index >= 15 is 0 Å². The van der Waals surface area contributed by atoms with Gasteiger partial charge in [-0.3, -0.25) is 4.79 Å². The lowest BCUT2D eigenvalue weighted by Gasteiger charge is -2.08. The molecule has 0 bridgehead atoms. The van der Waals surface area contributed by atoms with Crippen LogP contribution in [0.3, 0.4) is 0 Å². The molecule has 2 heteroatoms. The van der Waals surface area contributed by atoms with Gasteiger partial charge in [-0.2, -0.15) is 0 Å². The fourth-order valence-corrected chi connectivity index (χ4v) is 2.31. The van der Waals surface area contributed by atoms with Crippen LogP contribution in [0, 0.1) is 0 Å². The molecule has 0 spiro atoms. The first-order valence-corrected chi connectivity index (χ1v) is 6.51. The van der Waals surface area contributed by atoms with E-state index in [-0.39, 0.29) is 5.97 Å². The van der Waals surface area contributed by atoms with Crippen LogP contribution in [-0.2, 0) is 4.79 Å². The Labute approximate surface area is 117 Å². The van der Waals surface area contributed by atoms with Crippen molar-refractivity contribution >= 4 is 16.7 Å². The van der Waals surface area contributed by atoms with Gasteiger partial charge < -0.3 is 4.74 Å². The topological polar surface area (TPSA) is 26.3 Å².